The van der Waals surface area contributed by atoms with E-state index in [0.29, 0.717) is 6.42 Å². The molecule has 0 aromatic heterocycles. The van der Waals surface area contributed by atoms with Crippen LogP contribution in [0.5, 0.6) is 0 Å². The van der Waals surface area contributed by atoms with Crippen molar-refractivity contribution in [3.8, 4) is 0 Å². The average molecular weight is 292 g/mol. The van der Waals surface area contributed by atoms with Gasteiger partial charge in [-0.3, -0.25) is 9.59 Å². The van der Waals surface area contributed by atoms with Gasteiger partial charge in [-0.05, 0) is 26.2 Å². The summed E-state index contributed by atoms with van der Waals surface area (Å²) in [6, 6.07) is -1.00. The van der Waals surface area contributed by atoms with Crippen LogP contribution in [-0.4, -0.2) is 54.7 Å². The maximum Gasteiger partial charge on any atom is 0.323 e. The minimum absolute atomic E-state index is 0.0486. The summed E-state index contributed by atoms with van der Waals surface area (Å²) in [4.78, 5) is 24.0. The van der Waals surface area contributed by atoms with Gasteiger partial charge in [-0.1, -0.05) is 6.92 Å². The number of amides is 1. The summed E-state index contributed by atoms with van der Waals surface area (Å²) < 4.78 is 25.4. The number of carbonyl (C=O) groups excluding carboxylic acids is 1. The fourth-order valence-corrected chi connectivity index (χ4v) is 3.11. The topological polar surface area (TPSA) is 104 Å². The number of nitrogens with one attached hydrogen (secondary N) is 1. The predicted octanol–water partition coefficient (Wildman–Crippen LogP) is -0.220. The molecule has 1 amide bonds. The van der Waals surface area contributed by atoms with Crippen LogP contribution in [-0.2, 0) is 19.6 Å². The summed E-state index contributed by atoms with van der Waals surface area (Å²) in [6.45, 7) is 2.78. The molecule has 0 aliphatic heterocycles. The Kier molecular flexibility index (Phi) is 5.30. The van der Waals surface area contributed by atoms with Crippen molar-refractivity contribution in [1.29, 1.82) is 0 Å². The summed E-state index contributed by atoms with van der Waals surface area (Å²) in [6.07, 6.45) is 2.00. The summed E-state index contributed by atoms with van der Waals surface area (Å²) in [5.74, 6) is -1.62. The maximum atomic E-state index is 12.1. The molecule has 1 aliphatic rings. The number of aliphatic carboxylic acids is 1. The Morgan fingerprint density at radius 3 is 2.42 bits per heavy atom. The van der Waals surface area contributed by atoms with Gasteiger partial charge in [0.1, 0.15) is 6.54 Å². The van der Waals surface area contributed by atoms with Gasteiger partial charge in [0.15, 0.2) is 0 Å². The third kappa shape index (κ3) is 5.15. The van der Waals surface area contributed by atoms with Crippen LogP contribution < -0.4 is 4.72 Å². The highest BCUT2D eigenvalue weighted by Crippen LogP contribution is 2.27. The molecule has 1 atom stereocenters. The highest BCUT2D eigenvalue weighted by Gasteiger charge is 2.36. The number of rotatable bonds is 8. The molecule has 1 aliphatic carbocycles. The van der Waals surface area contributed by atoms with Gasteiger partial charge in [0.25, 0.3) is 0 Å². The summed E-state index contributed by atoms with van der Waals surface area (Å²) in [7, 11) is -3.49. The zero-order valence-electron chi connectivity index (χ0n) is 11.1. The summed E-state index contributed by atoms with van der Waals surface area (Å²) in [5.41, 5.74) is 0. The third-order valence-corrected chi connectivity index (χ3v) is 4.43. The molecule has 0 spiro atoms. The Morgan fingerprint density at radius 1 is 1.42 bits per heavy atom. The number of sulfonamides is 1. The second kappa shape index (κ2) is 6.33. The van der Waals surface area contributed by atoms with E-state index < -0.39 is 27.9 Å². The van der Waals surface area contributed by atoms with E-state index in [9.17, 15) is 18.0 Å². The highest BCUT2D eigenvalue weighted by atomic mass is 32.2. The lowest BCUT2D eigenvalue weighted by molar-refractivity contribution is -0.145. The van der Waals surface area contributed by atoms with Crippen molar-refractivity contribution in [2.45, 2.75) is 45.2 Å². The maximum absolute atomic E-state index is 12.1. The first kappa shape index (κ1) is 15.9. The van der Waals surface area contributed by atoms with Crippen LogP contribution in [0.2, 0.25) is 0 Å². The number of hydrogen-bond acceptors (Lipinski definition) is 4. The molecule has 0 saturated heterocycles. The standard InChI is InChI=1S/C11H20N2O5S/c1-3-6-19(17,18)12-8(2)11(16)13(7-10(14)15)9-4-5-9/h8-9,12H,3-7H2,1-2H3,(H,14,15). The second-order valence-corrected chi connectivity index (χ2v) is 6.62. The van der Waals surface area contributed by atoms with E-state index >= 15 is 0 Å². The lowest BCUT2D eigenvalue weighted by Gasteiger charge is -2.24. The van der Waals surface area contributed by atoms with Crippen molar-refractivity contribution in [1.82, 2.24) is 9.62 Å². The minimum Gasteiger partial charge on any atom is -0.480 e. The molecule has 0 aromatic carbocycles. The second-order valence-electron chi connectivity index (χ2n) is 4.75. The molecule has 1 unspecified atom stereocenters. The number of carboxylic acid groups (broad SMARTS) is 1. The summed E-state index contributed by atoms with van der Waals surface area (Å²) in [5, 5.41) is 8.78. The van der Waals surface area contributed by atoms with Crippen LogP contribution in [0, 0.1) is 0 Å². The van der Waals surface area contributed by atoms with Crippen LogP contribution in [0.15, 0.2) is 0 Å². The number of carboxylic acids is 1. The SMILES string of the molecule is CCCS(=O)(=O)NC(C)C(=O)N(CC(=O)O)C1CC1. The first-order chi connectivity index (χ1) is 8.76. The molecule has 2 N–H and O–H groups in total. The fraction of sp³-hybridized carbons (Fsp3) is 0.818. The van der Waals surface area contributed by atoms with E-state index in [4.69, 9.17) is 5.11 Å². The van der Waals surface area contributed by atoms with Gasteiger partial charge >= 0.3 is 5.97 Å². The zero-order chi connectivity index (χ0) is 14.6. The van der Waals surface area contributed by atoms with E-state index in [2.05, 4.69) is 4.72 Å². The zero-order valence-corrected chi connectivity index (χ0v) is 11.9. The molecule has 0 radical (unpaired) electrons. The predicted molar refractivity (Wildman–Crippen MR) is 69.0 cm³/mol. The van der Waals surface area contributed by atoms with E-state index in [1.54, 1.807) is 6.92 Å². The fourth-order valence-electron chi connectivity index (χ4n) is 1.82. The van der Waals surface area contributed by atoms with E-state index in [-0.39, 0.29) is 18.3 Å². The van der Waals surface area contributed by atoms with Crippen molar-refractivity contribution in [2.24, 2.45) is 0 Å². The lowest BCUT2D eigenvalue weighted by Crippen LogP contribution is -2.49. The number of hydrogen-bond donors (Lipinski definition) is 2. The van der Waals surface area contributed by atoms with Gasteiger partial charge in [-0.15, -0.1) is 0 Å². The van der Waals surface area contributed by atoms with Crippen LogP contribution in [0.4, 0.5) is 0 Å². The van der Waals surface area contributed by atoms with Gasteiger partial charge in [0.2, 0.25) is 15.9 Å². The first-order valence-electron chi connectivity index (χ1n) is 6.29. The molecule has 0 bridgehead atoms. The average Bonchev–Trinajstić information content (AvgIpc) is 3.07. The van der Waals surface area contributed by atoms with E-state index in [0.717, 1.165) is 12.8 Å². The highest BCUT2D eigenvalue weighted by molar-refractivity contribution is 7.89. The molecule has 0 aromatic rings. The van der Waals surface area contributed by atoms with Gasteiger partial charge in [-0.2, -0.15) is 0 Å². The molecule has 110 valence electrons. The van der Waals surface area contributed by atoms with Crippen molar-refractivity contribution in [3.63, 3.8) is 0 Å². The Hall–Kier alpha value is -1.15. The molecule has 8 heteroatoms. The Balaban J connectivity index is 2.66. The van der Waals surface area contributed by atoms with Crippen LogP contribution in [0.25, 0.3) is 0 Å². The van der Waals surface area contributed by atoms with Crippen molar-refractivity contribution in [3.05, 3.63) is 0 Å². The first-order valence-corrected chi connectivity index (χ1v) is 7.94. The minimum atomic E-state index is -3.49. The van der Waals surface area contributed by atoms with Gasteiger partial charge < -0.3 is 10.0 Å². The molecule has 1 fully saturated rings. The molecule has 19 heavy (non-hydrogen) atoms. The molecular formula is C11H20N2O5S. The lowest BCUT2D eigenvalue weighted by atomic mass is 10.3. The Bertz CT molecular complexity index is 444. The van der Waals surface area contributed by atoms with Crippen LogP contribution in [0.3, 0.4) is 0 Å². The van der Waals surface area contributed by atoms with E-state index in [1.165, 1.54) is 11.8 Å². The number of carbonyl (C=O) groups is 2. The van der Waals surface area contributed by atoms with Gasteiger partial charge in [0, 0.05) is 6.04 Å². The molecular weight excluding hydrogens is 272 g/mol. The number of nitrogens with zero attached hydrogens (tertiary/aromatic N) is 1. The summed E-state index contributed by atoms with van der Waals surface area (Å²) >= 11 is 0. The monoisotopic (exact) mass is 292 g/mol. The van der Waals surface area contributed by atoms with Crippen LogP contribution in [0.1, 0.15) is 33.1 Å². The largest absolute Gasteiger partial charge is 0.480 e. The normalized spacial score (nSPS) is 16.9. The van der Waals surface area contributed by atoms with Crippen molar-refractivity contribution in [2.75, 3.05) is 12.3 Å². The Morgan fingerprint density at radius 2 is 2.00 bits per heavy atom. The van der Waals surface area contributed by atoms with Crippen LogP contribution >= 0.6 is 0 Å². The molecule has 0 heterocycles. The molecule has 1 saturated carbocycles. The van der Waals surface area contributed by atoms with Crippen molar-refractivity contribution < 1.29 is 23.1 Å². The van der Waals surface area contributed by atoms with Gasteiger partial charge in [-0.25, -0.2) is 13.1 Å². The van der Waals surface area contributed by atoms with Crippen molar-refractivity contribution >= 4 is 21.9 Å². The Labute approximate surface area is 113 Å². The molecule has 7 nitrogen and oxygen atoms in total. The quantitative estimate of drug-likeness (QED) is 0.643. The third-order valence-electron chi connectivity index (χ3n) is 2.78. The smallest absolute Gasteiger partial charge is 0.323 e. The van der Waals surface area contributed by atoms with E-state index in [1.807, 2.05) is 0 Å². The van der Waals surface area contributed by atoms with Gasteiger partial charge in [0.05, 0.1) is 11.8 Å². The molecule has 1 rings (SSSR count).